The van der Waals surface area contributed by atoms with E-state index in [1.54, 1.807) is 25.3 Å². The van der Waals surface area contributed by atoms with Crippen LogP contribution >= 0.6 is 0 Å². The van der Waals surface area contributed by atoms with Gasteiger partial charge >= 0.3 is 5.90 Å². The van der Waals surface area contributed by atoms with Crippen molar-refractivity contribution in [2.45, 2.75) is 0 Å². The van der Waals surface area contributed by atoms with E-state index in [0.29, 0.717) is 17.1 Å². The number of ether oxygens (including phenoxy) is 2. The molecule has 14 heavy (non-hydrogen) atoms. The summed E-state index contributed by atoms with van der Waals surface area (Å²) in [7, 11) is 1.57. The van der Waals surface area contributed by atoms with E-state index in [0.717, 1.165) is 0 Å². The van der Waals surface area contributed by atoms with Crippen molar-refractivity contribution >= 4 is 5.90 Å². The van der Waals surface area contributed by atoms with Crippen molar-refractivity contribution in [3.8, 4) is 11.5 Å². The van der Waals surface area contributed by atoms with Gasteiger partial charge in [-0.3, -0.25) is 0 Å². The van der Waals surface area contributed by atoms with Crippen LogP contribution < -0.4 is 14.5 Å². The predicted molar refractivity (Wildman–Crippen MR) is 50.5 cm³/mol. The molecule has 0 atom stereocenters. The molecule has 1 heterocycles. The Hall–Kier alpha value is -1.97. The summed E-state index contributed by atoms with van der Waals surface area (Å²) in [5, 5.41) is 9.58. The fourth-order valence-electron chi connectivity index (χ4n) is 1.22. The molecule has 4 nitrogen and oxygen atoms in total. The molecule has 72 valence electrons. The lowest BCUT2D eigenvalue weighted by Crippen LogP contribution is -2.66. The lowest BCUT2D eigenvalue weighted by atomic mass is 10.2. The third-order valence-corrected chi connectivity index (χ3v) is 1.92. The molecule has 0 radical (unpaired) electrons. The Labute approximate surface area is 81.1 Å². The largest absolute Gasteiger partial charge is 0.497 e. The number of benzene rings is 1. The van der Waals surface area contributed by atoms with Gasteiger partial charge < -0.3 is 14.6 Å². The Kier molecular flexibility index (Phi) is 2.10. The van der Waals surface area contributed by atoms with Crippen molar-refractivity contribution in [1.82, 2.24) is 0 Å². The molecule has 1 aromatic carbocycles. The van der Waals surface area contributed by atoms with Gasteiger partial charge in [0.05, 0.1) is 7.11 Å². The van der Waals surface area contributed by atoms with E-state index in [1.165, 1.54) is 12.5 Å². The van der Waals surface area contributed by atoms with E-state index in [-0.39, 0.29) is 5.90 Å². The number of fused-ring (bicyclic) bond motifs is 1. The normalized spacial score (nSPS) is 13.6. The fourth-order valence-corrected chi connectivity index (χ4v) is 1.22. The van der Waals surface area contributed by atoms with Gasteiger partial charge in [0.25, 0.3) is 0 Å². The molecule has 1 aliphatic heterocycles. The van der Waals surface area contributed by atoms with Gasteiger partial charge in [-0.15, -0.1) is 0 Å². The third-order valence-electron chi connectivity index (χ3n) is 1.92. The Morgan fingerprint density at radius 3 is 3.07 bits per heavy atom. The highest BCUT2D eigenvalue weighted by atomic mass is 16.5. The van der Waals surface area contributed by atoms with Crippen molar-refractivity contribution in [3.05, 3.63) is 36.2 Å². The second-order valence-corrected chi connectivity index (χ2v) is 2.78. The lowest BCUT2D eigenvalue weighted by Gasteiger charge is -2.04. The van der Waals surface area contributed by atoms with Gasteiger partial charge in [0.1, 0.15) is 17.1 Å². The summed E-state index contributed by atoms with van der Waals surface area (Å²) in [6.45, 7) is 0. The fraction of sp³-hybridized carbons (Fsp3) is 0.100. The highest BCUT2D eigenvalue weighted by molar-refractivity contribution is 5.91. The second kappa shape index (κ2) is 3.41. The zero-order valence-electron chi connectivity index (χ0n) is 7.65. The topological polar surface area (TPSA) is 52.7 Å². The van der Waals surface area contributed by atoms with Gasteiger partial charge in [0.15, 0.2) is 6.26 Å². The average Bonchev–Trinajstić information content (AvgIpc) is 2.40. The SMILES string of the molecule is COc1ccc2c(c1)C(O)=[NH+]C=CO2. The summed E-state index contributed by atoms with van der Waals surface area (Å²) in [5.74, 6) is 1.31. The molecule has 0 saturated carbocycles. The number of aliphatic hydroxyl groups is 1. The van der Waals surface area contributed by atoms with Gasteiger partial charge in [-0.05, 0) is 12.1 Å². The van der Waals surface area contributed by atoms with Crippen LogP contribution in [-0.2, 0) is 0 Å². The number of rotatable bonds is 1. The minimum atomic E-state index is 0.0488. The van der Waals surface area contributed by atoms with Crippen LogP contribution in [0.15, 0.2) is 30.7 Å². The lowest BCUT2D eigenvalue weighted by molar-refractivity contribution is -0.383. The van der Waals surface area contributed by atoms with E-state index in [2.05, 4.69) is 4.99 Å². The molecule has 0 amide bonds. The minimum Gasteiger partial charge on any atom is -0.497 e. The van der Waals surface area contributed by atoms with Crippen LogP contribution in [0.4, 0.5) is 0 Å². The van der Waals surface area contributed by atoms with Gasteiger partial charge in [0.2, 0.25) is 6.20 Å². The van der Waals surface area contributed by atoms with Crippen molar-refractivity contribution in [1.29, 1.82) is 0 Å². The molecule has 0 aliphatic carbocycles. The summed E-state index contributed by atoms with van der Waals surface area (Å²) in [5.41, 5.74) is 0.578. The predicted octanol–water partition coefficient (Wildman–Crippen LogP) is -0.0560. The van der Waals surface area contributed by atoms with Crippen molar-refractivity contribution in [3.63, 3.8) is 0 Å². The van der Waals surface area contributed by atoms with E-state index in [1.807, 2.05) is 0 Å². The van der Waals surface area contributed by atoms with Crippen molar-refractivity contribution < 1.29 is 19.6 Å². The monoisotopic (exact) mass is 192 g/mol. The first-order valence-corrected chi connectivity index (χ1v) is 4.14. The first-order chi connectivity index (χ1) is 6.81. The minimum absolute atomic E-state index is 0.0488. The highest BCUT2D eigenvalue weighted by Crippen LogP contribution is 2.24. The summed E-state index contributed by atoms with van der Waals surface area (Å²) < 4.78 is 10.3. The first-order valence-electron chi connectivity index (χ1n) is 4.14. The van der Waals surface area contributed by atoms with Gasteiger partial charge in [0, 0.05) is 6.07 Å². The average molecular weight is 192 g/mol. The van der Waals surface area contributed by atoms with Crippen LogP contribution in [0.2, 0.25) is 0 Å². The van der Waals surface area contributed by atoms with Crippen LogP contribution in [0.3, 0.4) is 0 Å². The standard InChI is InChI=1S/C10H9NO3/c1-13-7-2-3-9-8(6-7)10(12)11-4-5-14-9/h2-6H,1H3,(H,11,12)/p+1. The Morgan fingerprint density at radius 2 is 2.29 bits per heavy atom. The molecule has 0 bridgehead atoms. The van der Waals surface area contributed by atoms with Crippen molar-refractivity contribution in [2.75, 3.05) is 7.11 Å². The van der Waals surface area contributed by atoms with Gasteiger partial charge in [-0.25, -0.2) is 0 Å². The number of hydrogen-bond donors (Lipinski definition) is 2. The van der Waals surface area contributed by atoms with E-state index < -0.39 is 0 Å². The van der Waals surface area contributed by atoms with Crippen molar-refractivity contribution in [2.24, 2.45) is 0 Å². The molecule has 4 heteroatoms. The molecule has 0 unspecified atom stereocenters. The summed E-state index contributed by atoms with van der Waals surface area (Å²) in [4.78, 5) is 2.66. The first kappa shape index (κ1) is 8.62. The molecule has 2 N–H and O–H groups in total. The number of aliphatic hydroxyl groups excluding tert-OH is 1. The molecule has 0 aromatic heterocycles. The van der Waals surface area contributed by atoms with Crippen LogP contribution in [0.5, 0.6) is 11.5 Å². The van der Waals surface area contributed by atoms with Crippen LogP contribution in [0.25, 0.3) is 0 Å². The third kappa shape index (κ3) is 1.42. The second-order valence-electron chi connectivity index (χ2n) is 2.78. The summed E-state index contributed by atoms with van der Waals surface area (Å²) in [6.07, 6.45) is 2.98. The molecular formula is C10H10NO3+. The zero-order chi connectivity index (χ0) is 9.97. The summed E-state index contributed by atoms with van der Waals surface area (Å²) in [6, 6.07) is 5.21. The molecule has 0 fully saturated rings. The molecule has 0 spiro atoms. The number of hydrogen-bond acceptors (Lipinski definition) is 2. The van der Waals surface area contributed by atoms with E-state index >= 15 is 0 Å². The Morgan fingerprint density at radius 1 is 1.43 bits per heavy atom. The molecule has 1 aliphatic rings. The quantitative estimate of drug-likeness (QED) is 0.655. The smallest absolute Gasteiger partial charge is 0.375 e. The van der Waals surface area contributed by atoms with E-state index in [4.69, 9.17) is 9.47 Å². The van der Waals surface area contributed by atoms with Crippen LogP contribution in [0.1, 0.15) is 5.56 Å². The molecule has 1 aromatic rings. The van der Waals surface area contributed by atoms with Gasteiger partial charge in [-0.2, -0.15) is 4.99 Å². The zero-order valence-corrected chi connectivity index (χ0v) is 7.65. The maximum atomic E-state index is 9.58. The van der Waals surface area contributed by atoms with Crippen LogP contribution in [0, 0.1) is 0 Å². The van der Waals surface area contributed by atoms with E-state index in [9.17, 15) is 5.11 Å². The number of methoxy groups -OCH3 is 1. The molecular weight excluding hydrogens is 182 g/mol. The Bertz CT molecular complexity index is 410. The Balaban J connectivity index is 2.53. The maximum absolute atomic E-state index is 9.58. The molecule has 0 saturated heterocycles. The van der Waals surface area contributed by atoms with Crippen LogP contribution in [-0.4, -0.2) is 18.1 Å². The highest BCUT2D eigenvalue weighted by Gasteiger charge is 2.17. The molecule has 2 rings (SSSR count). The summed E-state index contributed by atoms with van der Waals surface area (Å²) >= 11 is 0. The maximum Gasteiger partial charge on any atom is 0.375 e. The number of nitrogens with one attached hydrogen (secondary N) is 1. The van der Waals surface area contributed by atoms with Gasteiger partial charge in [-0.1, -0.05) is 0 Å².